The van der Waals surface area contributed by atoms with Crippen molar-refractivity contribution in [1.29, 1.82) is 0 Å². The van der Waals surface area contributed by atoms with E-state index >= 15 is 4.39 Å². The zero-order valence-corrected chi connectivity index (χ0v) is 26.2. The standard InChI is InChI=1S/C32H40ClFN6O2/c1-32(2,3)40-14-12-38(13-15-40)29-17-23(20-35-31(29)37(6)7)26-19-24(34)18-25(30(26)42)22-8-9-28(27(33)16-22)39(21-41)11-10-36(4)5/h8-11,16-21,42H,12-15H2,1-7H3/b11-10-. The van der Waals surface area contributed by atoms with Gasteiger partial charge in [-0.1, -0.05) is 17.7 Å². The minimum Gasteiger partial charge on any atom is -0.507 e. The lowest BCUT2D eigenvalue weighted by Crippen LogP contribution is -2.53. The average molecular weight is 595 g/mol. The van der Waals surface area contributed by atoms with Crippen molar-refractivity contribution in [2.24, 2.45) is 0 Å². The number of phenolic OH excluding ortho intramolecular Hbond substituents is 1. The lowest BCUT2D eigenvalue weighted by Gasteiger charge is -2.43. The number of pyridine rings is 1. The Morgan fingerprint density at radius 2 is 1.60 bits per heavy atom. The van der Waals surface area contributed by atoms with Crippen LogP contribution in [0.15, 0.2) is 55.0 Å². The molecule has 0 unspecified atom stereocenters. The number of hydrogen-bond acceptors (Lipinski definition) is 7. The van der Waals surface area contributed by atoms with Crippen LogP contribution in [0.3, 0.4) is 0 Å². The van der Waals surface area contributed by atoms with E-state index in [-0.39, 0.29) is 21.9 Å². The van der Waals surface area contributed by atoms with Gasteiger partial charge in [-0.15, -0.1) is 0 Å². The fraction of sp³-hybridized carbons (Fsp3) is 0.375. The Morgan fingerprint density at radius 1 is 0.952 bits per heavy atom. The fourth-order valence-corrected chi connectivity index (χ4v) is 5.37. The second-order valence-electron chi connectivity index (χ2n) is 11.9. The van der Waals surface area contributed by atoms with E-state index in [4.69, 9.17) is 16.6 Å². The summed E-state index contributed by atoms with van der Waals surface area (Å²) in [7, 11) is 7.58. The molecule has 4 rings (SSSR count). The molecule has 42 heavy (non-hydrogen) atoms. The Morgan fingerprint density at radius 3 is 2.14 bits per heavy atom. The number of halogens is 2. The summed E-state index contributed by atoms with van der Waals surface area (Å²) in [5.74, 6) is 0.228. The molecule has 0 aliphatic carbocycles. The van der Waals surface area contributed by atoms with E-state index in [1.807, 2.05) is 39.2 Å². The number of aromatic hydroxyl groups is 1. The van der Waals surface area contributed by atoms with E-state index in [0.29, 0.717) is 28.8 Å². The SMILES string of the molecule is CN(C)/C=C\N(C=O)c1ccc(-c2cc(F)cc(-c3cnc(N(C)C)c(N4CCN(C(C)(C)C)CC4)c3)c2O)cc1Cl. The molecule has 0 spiro atoms. The maximum atomic E-state index is 15.1. The van der Waals surface area contributed by atoms with Crippen LogP contribution in [0.5, 0.6) is 5.75 Å². The van der Waals surface area contributed by atoms with Crippen LogP contribution in [0.25, 0.3) is 22.3 Å². The molecule has 224 valence electrons. The second kappa shape index (κ2) is 12.6. The Balaban J connectivity index is 1.72. The molecule has 1 aromatic heterocycles. The van der Waals surface area contributed by atoms with Gasteiger partial charge in [0.05, 0.1) is 16.4 Å². The number of rotatable bonds is 8. The van der Waals surface area contributed by atoms with Crippen LogP contribution in [-0.2, 0) is 4.79 Å². The summed E-state index contributed by atoms with van der Waals surface area (Å²) in [6.07, 6.45) is 5.63. The maximum Gasteiger partial charge on any atom is 0.218 e. The van der Waals surface area contributed by atoms with Crippen LogP contribution in [0.2, 0.25) is 5.02 Å². The van der Waals surface area contributed by atoms with Gasteiger partial charge < -0.3 is 19.8 Å². The summed E-state index contributed by atoms with van der Waals surface area (Å²) < 4.78 is 15.1. The first-order valence-electron chi connectivity index (χ1n) is 13.9. The quantitative estimate of drug-likeness (QED) is 0.326. The van der Waals surface area contributed by atoms with Crippen LogP contribution in [0.4, 0.5) is 21.6 Å². The van der Waals surface area contributed by atoms with Crippen LogP contribution >= 0.6 is 11.6 Å². The average Bonchev–Trinajstić information content (AvgIpc) is 2.94. The van der Waals surface area contributed by atoms with Crippen LogP contribution in [0, 0.1) is 5.82 Å². The Labute approximate surface area is 253 Å². The molecular weight excluding hydrogens is 555 g/mol. The minimum absolute atomic E-state index is 0.0807. The third-order valence-corrected chi connectivity index (χ3v) is 7.70. The zero-order chi connectivity index (χ0) is 30.8. The maximum absolute atomic E-state index is 15.1. The fourth-order valence-electron chi connectivity index (χ4n) is 5.09. The summed E-state index contributed by atoms with van der Waals surface area (Å²) in [5, 5.41) is 11.7. The molecule has 10 heteroatoms. The number of anilines is 3. The van der Waals surface area contributed by atoms with Gasteiger partial charge in [0.2, 0.25) is 6.41 Å². The molecule has 2 heterocycles. The number of hydrogen-bond donors (Lipinski definition) is 1. The summed E-state index contributed by atoms with van der Waals surface area (Å²) in [5.41, 5.74) is 3.23. The van der Waals surface area contributed by atoms with Gasteiger partial charge in [0.25, 0.3) is 0 Å². The third-order valence-electron chi connectivity index (χ3n) is 7.40. The van der Waals surface area contributed by atoms with Gasteiger partial charge in [0.1, 0.15) is 11.6 Å². The van der Waals surface area contributed by atoms with Crippen molar-refractivity contribution in [3.8, 4) is 28.0 Å². The van der Waals surface area contributed by atoms with Crippen molar-refractivity contribution < 1.29 is 14.3 Å². The summed E-state index contributed by atoms with van der Waals surface area (Å²) in [4.78, 5) is 26.3. The smallest absolute Gasteiger partial charge is 0.218 e. The van der Waals surface area contributed by atoms with Crippen molar-refractivity contribution in [3.63, 3.8) is 0 Å². The van der Waals surface area contributed by atoms with E-state index in [9.17, 15) is 9.90 Å². The largest absolute Gasteiger partial charge is 0.507 e. The highest BCUT2D eigenvalue weighted by atomic mass is 35.5. The van der Waals surface area contributed by atoms with Gasteiger partial charge in [0.15, 0.2) is 5.82 Å². The molecule has 1 fully saturated rings. The summed E-state index contributed by atoms with van der Waals surface area (Å²) >= 11 is 6.56. The van der Waals surface area contributed by atoms with Crippen LogP contribution < -0.4 is 14.7 Å². The van der Waals surface area contributed by atoms with E-state index in [1.165, 1.54) is 17.0 Å². The lowest BCUT2D eigenvalue weighted by atomic mass is 9.97. The molecule has 1 amide bonds. The second-order valence-corrected chi connectivity index (χ2v) is 12.3. The molecule has 0 bridgehead atoms. The molecule has 3 aromatic rings. The summed E-state index contributed by atoms with van der Waals surface area (Å²) in [6.45, 7) is 10.2. The molecule has 0 atom stereocenters. The normalized spacial score (nSPS) is 14.4. The summed E-state index contributed by atoms with van der Waals surface area (Å²) in [6, 6.07) is 9.56. The number of amides is 1. The molecular formula is C32H40ClFN6O2. The number of piperazine rings is 1. The van der Waals surface area contributed by atoms with Crippen molar-refractivity contribution >= 4 is 35.2 Å². The molecule has 1 aliphatic heterocycles. The topological polar surface area (TPSA) is 66.4 Å². The zero-order valence-electron chi connectivity index (χ0n) is 25.4. The number of nitrogens with zero attached hydrogens (tertiary/aromatic N) is 6. The molecule has 1 aliphatic rings. The highest BCUT2D eigenvalue weighted by Gasteiger charge is 2.28. The Bertz CT molecular complexity index is 1460. The predicted molar refractivity (Wildman–Crippen MR) is 171 cm³/mol. The van der Waals surface area contributed by atoms with Crippen LogP contribution in [-0.4, -0.2) is 86.2 Å². The monoisotopic (exact) mass is 594 g/mol. The van der Waals surface area contributed by atoms with Gasteiger partial charge in [0, 0.05) is 95.2 Å². The first-order valence-corrected chi connectivity index (χ1v) is 14.3. The molecule has 0 saturated carbocycles. The van der Waals surface area contributed by atoms with Gasteiger partial charge in [-0.2, -0.15) is 0 Å². The van der Waals surface area contributed by atoms with Gasteiger partial charge in [-0.25, -0.2) is 9.37 Å². The Kier molecular flexibility index (Phi) is 9.33. The number of carbonyl (C=O) groups excluding carboxylic acids is 1. The minimum atomic E-state index is -0.501. The van der Waals surface area contributed by atoms with E-state index < -0.39 is 5.82 Å². The van der Waals surface area contributed by atoms with Crippen LogP contribution in [0.1, 0.15) is 20.8 Å². The predicted octanol–water partition coefficient (Wildman–Crippen LogP) is 5.90. The van der Waals surface area contributed by atoms with E-state index in [2.05, 4.69) is 30.6 Å². The lowest BCUT2D eigenvalue weighted by molar-refractivity contribution is -0.106. The van der Waals surface area contributed by atoms with E-state index in [0.717, 1.165) is 37.7 Å². The molecule has 1 saturated heterocycles. The van der Waals surface area contributed by atoms with Crippen molar-refractivity contribution in [2.45, 2.75) is 26.3 Å². The number of carbonyl (C=O) groups is 1. The number of benzene rings is 2. The molecule has 2 aromatic carbocycles. The molecule has 1 N–H and O–H groups in total. The van der Waals surface area contributed by atoms with Crippen molar-refractivity contribution in [2.75, 3.05) is 69.1 Å². The molecule has 0 radical (unpaired) electrons. The van der Waals surface area contributed by atoms with Gasteiger partial charge >= 0.3 is 0 Å². The van der Waals surface area contributed by atoms with Crippen molar-refractivity contribution in [3.05, 3.63) is 65.8 Å². The van der Waals surface area contributed by atoms with Gasteiger partial charge in [-0.05, 0) is 56.7 Å². The first-order chi connectivity index (χ1) is 19.8. The first kappa shape index (κ1) is 31.1. The Hall–Kier alpha value is -3.82. The molecule has 8 nitrogen and oxygen atoms in total. The van der Waals surface area contributed by atoms with E-state index in [1.54, 1.807) is 41.7 Å². The highest BCUT2D eigenvalue weighted by molar-refractivity contribution is 6.34. The third kappa shape index (κ3) is 6.79. The van der Waals surface area contributed by atoms with Crippen molar-refractivity contribution in [1.82, 2.24) is 14.8 Å². The number of aromatic nitrogens is 1. The number of phenols is 1. The van der Waals surface area contributed by atoms with Gasteiger partial charge in [-0.3, -0.25) is 14.6 Å². The highest BCUT2D eigenvalue weighted by Crippen LogP contribution is 2.42.